The van der Waals surface area contributed by atoms with Crippen LogP contribution in [0.1, 0.15) is 13.3 Å². The number of aliphatic hydroxyl groups is 1. The van der Waals surface area contributed by atoms with E-state index in [0.717, 1.165) is 4.31 Å². The minimum absolute atomic E-state index is 0.234. The third-order valence-electron chi connectivity index (χ3n) is 3.16. The molecule has 19 heavy (non-hydrogen) atoms. The lowest BCUT2D eigenvalue weighted by molar-refractivity contribution is -0.0614. The van der Waals surface area contributed by atoms with Crippen molar-refractivity contribution in [1.29, 1.82) is 0 Å². The van der Waals surface area contributed by atoms with E-state index in [1.807, 2.05) is 0 Å². The van der Waals surface area contributed by atoms with Crippen LogP contribution in [0.3, 0.4) is 0 Å². The molecule has 4 nitrogen and oxygen atoms in total. The molecule has 8 heteroatoms. The Morgan fingerprint density at radius 2 is 1.74 bits per heavy atom. The Morgan fingerprint density at radius 3 is 2.16 bits per heavy atom. The van der Waals surface area contributed by atoms with E-state index >= 15 is 0 Å². The van der Waals surface area contributed by atoms with Crippen molar-refractivity contribution in [3.63, 3.8) is 0 Å². The molecular formula is C11H12F3NO3S. The molecule has 1 N–H and O–H groups in total. The van der Waals surface area contributed by atoms with Gasteiger partial charge in [-0.2, -0.15) is 4.31 Å². The molecule has 0 atom stereocenters. The monoisotopic (exact) mass is 295 g/mol. The number of hydrogen-bond acceptors (Lipinski definition) is 3. The molecule has 0 aromatic heterocycles. The first kappa shape index (κ1) is 14.3. The molecule has 0 spiro atoms. The number of β-amino-alcohol motifs (C(OH)–C–C–N with tert-alkyl or cyclic N) is 1. The quantitative estimate of drug-likeness (QED) is 0.913. The maximum absolute atomic E-state index is 13.5. The smallest absolute Gasteiger partial charge is 0.249 e. The number of nitrogens with zero attached hydrogens (tertiary/aromatic N) is 1. The maximum atomic E-state index is 13.5. The van der Waals surface area contributed by atoms with Gasteiger partial charge >= 0.3 is 0 Å². The van der Waals surface area contributed by atoms with Crippen LogP contribution < -0.4 is 0 Å². The zero-order valence-corrected chi connectivity index (χ0v) is 10.8. The molecule has 1 aliphatic rings. The van der Waals surface area contributed by atoms with Gasteiger partial charge in [-0.3, -0.25) is 0 Å². The van der Waals surface area contributed by atoms with Gasteiger partial charge in [0.25, 0.3) is 0 Å². The van der Waals surface area contributed by atoms with Gasteiger partial charge in [0.2, 0.25) is 10.0 Å². The third kappa shape index (κ3) is 2.35. The van der Waals surface area contributed by atoms with Crippen LogP contribution in [0.25, 0.3) is 0 Å². The van der Waals surface area contributed by atoms with Crippen molar-refractivity contribution < 1.29 is 26.7 Å². The lowest BCUT2D eigenvalue weighted by atomic mass is 9.94. The van der Waals surface area contributed by atoms with Crippen molar-refractivity contribution in [3.8, 4) is 0 Å². The number of rotatable bonds is 3. The van der Waals surface area contributed by atoms with Gasteiger partial charge in [0.15, 0.2) is 4.90 Å². The minimum atomic E-state index is -4.40. The van der Waals surface area contributed by atoms with E-state index in [4.69, 9.17) is 0 Å². The largest absolute Gasteiger partial charge is 0.387 e. The molecule has 1 aromatic rings. The maximum Gasteiger partial charge on any atom is 0.249 e. The van der Waals surface area contributed by atoms with Crippen LogP contribution in [0.4, 0.5) is 13.2 Å². The number of halogens is 3. The van der Waals surface area contributed by atoms with E-state index in [1.165, 1.54) is 0 Å². The van der Waals surface area contributed by atoms with Gasteiger partial charge in [-0.05, 0) is 6.42 Å². The highest BCUT2D eigenvalue weighted by Crippen LogP contribution is 2.32. The van der Waals surface area contributed by atoms with E-state index in [9.17, 15) is 26.7 Å². The van der Waals surface area contributed by atoms with Gasteiger partial charge in [0.1, 0.15) is 17.5 Å². The summed E-state index contributed by atoms with van der Waals surface area (Å²) in [7, 11) is -4.40. The van der Waals surface area contributed by atoms with Crippen molar-refractivity contribution in [3.05, 3.63) is 29.6 Å². The molecule has 1 fully saturated rings. The van der Waals surface area contributed by atoms with Gasteiger partial charge in [-0.1, -0.05) is 6.92 Å². The second-order valence-corrected chi connectivity index (χ2v) is 6.42. The van der Waals surface area contributed by atoms with E-state index in [-0.39, 0.29) is 13.1 Å². The summed E-state index contributed by atoms with van der Waals surface area (Å²) >= 11 is 0. The summed E-state index contributed by atoms with van der Waals surface area (Å²) in [5.74, 6) is -4.16. The van der Waals surface area contributed by atoms with E-state index in [2.05, 4.69) is 0 Å². The van der Waals surface area contributed by atoms with Crippen molar-refractivity contribution in [2.24, 2.45) is 0 Å². The van der Waals surface area contributed by atoms with Crippen molar-refractivity contribution >= 4 is 10.0 Å². The number of hydrogen-bond donors (Lipinski definition) is 1. The predicted octanol–water partition coefficient (Wildman–Crippen LogP) is 1.25. The molecule has 0 radical (unpaired) electrons. The first-order valence-corrected chi connectivity index (χ1v) is 7.01. The molecule has 1 saturated heterocycles. The van der Waals surface area contributed by atoms with Gasteiger partial charge in [-0.15, -0.1) is 0 Å². The summed E-state index contributed by atoms with van der Waals surface area (Å²) in [5, 5.41) is 9.73. The van der Waals surface area contributed by atoms with Crippen molar-refractivity contribution in [1.82, 2.24) is 4.31 Å². The fraction of sp³-hybridized carbons (Fsp3) is 0.455. The summed E-state index contributed by atoms with van der Waals surface area (Å²) in [6.45, 7) is 1.20. The first-order chi connectivity index (χ1) is 8.69. The van der Waals surface area contributed by atoms with Gasteiger partial charge in [0.05, 0.1) is 5.60 Å². The second-order valence-electron chi connectivity index (χ2n) is 4.55. The van der Waals surface area contributed by atoms with Crippen LogP contribution in [0.15, 0.2) is 17.0 Å². The molecule has 1 aromatic carbocycles. The molecular weight excluding hydrogens is 283 g/mol. The number of sulfonamides is 1. The zero-order valence-electron chi connectivity index (χ0n) is 10.0. The van der Waals surface area contributed by atoms with Crippen molar-refractivity contribution in [2.45, 2.75) is 23.8 Å². The fourth-order valence-electron chi connectivity index (χ4n) is 1.91. The highest BCUT2D eigenvalue weighted by atomic mass is 32.2. The van der Waals surface area contributed by atoms with E-state index < -0.39 is 38.0 Å². The van der Waals surface area contributed by atoms with Gasteiger partial charge in [0, 0.05) is 25.2 Å². The zero-order chi connectivity index (χ0) is 14.4. The molecule has 0 saturated carbocycles. The van der Waals surface area contributed by atoms with Crippen LogP contribution >= 0.6 is 0 Å². The molecule has 2 rings (SSSR count). The normalized spacial score (nSPS) is 19.2. The highest BCUT2D eigenvalue weighted by Gasteiger charge is 2.47. The first-order valence-electron chi connectivity index (χ1n) is 5.57. The summed E-state index contributed by atoms with van der Waals surface area (Å²) in [4.78, 5) is -1.19. The lowest BCUT2D eigenvalue weighted by Crippen LogP contribution is -2.63. The molecule has 106 valence electrons. The Hall–Kier alpha value is -1.12. The van der Waals surface area contributed by atoms with E-state index in [1.54, 1.807) is 6.92 Å². The predicted molar refractivity (Wildman–Crippen MR) is 60.3 cm³/mol. The Bertz CT molecular complexity index is 589. The minimum Gasteiger partial charge on any atom is -0.387 e. The van der Waals surface area contributed by atoms with Crippen LogP contribution in [0.5, 0.6) is 0 Å². The van der Waals surface area contributed by atoms with Crippen molar-refractivity contribution in [2.75, 3.05) is 13.1 Å². The van der Waals surface area contributed by atoms with E-state index in [0.29, 0.717) is 18.6 Å². The summed E-state index contributed by atoms with van der Waals surface area (Å²) in [6.07, 6.45) is 0.327. The molecule has 0 unspecified atom stereocenters. The van der Waals surface area contributed by atoms with Crippen LogP contribution in [-0.4, -0.2) is 36.5 Å². The third-order valence-corrected chi connectivity index (χ3v) is 5.00. The average molecular weight is 295 g/mol. The second kappa shape index (κ2) is 4.46. The lowest BCUT2D eigenvalue weighted by Gasteiger charge is -2.44. The van der Waals surface area contributed by atoms with Crippen LogP contribution in [0.2, 0.25) is 0 Å². The fourth-order valence-corrected chi connectivity index (χ4v) is 3.60. The molecule has 0 bridgehead atoms. The van der Waals surface area contributed by atoms with Gasteiger partial charge in [-0.25, -0.2) is 21.6 Å². The number of benzene rings is 1. The topological polar surface area (TPSA) is 57.6 Å². The Kier molecular flexibility index (Phi) is 3.36. The van der Waals surface area contributed by atoms with Crippen LogP contribution in [0, 0.1) is 17.5 Å². The summed E-state index contributed by atoms with van der Waals surface area (Å²) in [6, 6.07) is 0.615. The van der Waals surface area contributed by atoms with Crippen LogP contribution in [-0.2, 0) is 10.0 Å². The van der Waals surface area contributed by atoms with Gasteiger partial charge < -0.3 is 5.11 Å². The Balaban J connectivity index is 2.38. The molecule has 0 aliphatic carbocycles. The molecule has 0 amide bonds. The standard InChI is InChI=1S/C11H12F3NO3S/c1-2-11(16)5-15(6-11)19(17,18)10-8(13)3-7(12)4-9(10)14/h3-4,16H,2,5-6H2,1H3. The SMILES string of the molecule is CCC1(O)CN(S(=O)(=O)c2c(F)cc(F)cc2F)C1. The molecule has 1 aliphatic heterocycles. The summed E-state index contributed by atoms with van der Waals surface area (Å²) in [5.41, 5.74) is -1.17. The molecule has 1 heterocycles. The summed E-state index contributed by atoms with van der Waals surface area (Å²) < 4.78 is 64.4. The Labute approximate surface area is 108 Å². The highest BCUT2D eigenvalue weighted by molar-refractivity contribution is 7.89. The Morgan fingerprint density at radius 1 is 1.26 bits per heavy atom. The average Bonchev–Trinajstić information content (AvgIpc) is 2.22.